The fraction of sp³-hybridized carbons (Fsp3) is 0.733. The van der Waals surface area contributed by atoms with Crippen LogP contribution in [-0.2, 0) is 0 Å². The molecular formula is C15H26N2OS. The molecule has 1 aromatic heterocycles. The topological polar surface area (TPSA) is 28.4 Å². The summed E-state index contributed by atoms with van der Waals surface area (Å²) in [6.07, 6.45) is 3.02. The Kier molecular flexibility index (Phi) is 4.98. The van der Waals surface area contributed by atoms with E-state index in [2.05, 4.69) is 56.0 Å². The van der Waals surface area contributed by atoms with Crippen LogP contribution in [0.15, 0.2) is 22.8 Å². The molecule has 1 aromatic rings. The van der Waals surface area contributed by atoms with Gasteiger partial charge in [-0.3, -0.25) is 4.90 Å². The average molecular weight is 282 g/mol. The summed E-state index contributed by atoms with van der Waals surface area (Å²) in [5.74, 6) is 3.54. The van der Waals surface area contributed by atoms with Gasteiger partial charge in [-0.25, -0.2) is 0 Å². The van der Waals surface area contributed by atoms with Crippen LogP contribution in [0.1, 0.15) is 32.1 Å². The number of hydrogen-bond donors (Lipinski definition) is 1. The molecule has 1 N–H and O–H groups in total. The third-order valence-electron chi connectivity index (χ3n) is 3.71. The second kappa shape index (κ2) is 6.33. The SMILES string of the molecule is CN(C)C(CNC1CSCC(C)(C)C1)c1ccco1. The van der Waals surface area contributed by atoms with Gasteiger partial charge in [-0.1, -0.05) is 13.8 Å². The number of thioether (sulfide) groups is 1. The first-order valence-corrected chi connectivity index (χ1v) is 8.14. The zero-order valence-electron chi connectivity index (χ0n) is 12.5. The fourth-order valence-electron chi connectivity index (χ4n) is 2.69. The van der Waals surface area contributed by atoms with Crippen molar-refractivity contribution in [3.8, 4) is 0 Å². The number of likely N-dealkylation sites (N-methyl/N-ethyl adjacent to an activating group) is 1. The standard InChI is InChI=1S/C15H26N2OS/c1-15(2)8-12(10-19-11-15)16-9-13(17(3)4)14-6-5-7-18-14/h5-7,12-13,16H,8-11H2,1-4H3. The smallest absolute Gasteiger partial charge is 0.122 e. The summed E-state index contributed by atoms with van der Waals surface area (Å²) in [6, 6.07) is 4.95. The average Bonchev–Trinajstić information content (AvgIpc) is 2.81. The third kappa shape index (κ3) is 4.26. The van der Waals surface area contributed by atoms with E-state index in [0.717, 1.165) is 12.3 Å². The molecule has 0 bridgehead atoms. The van der Waals surface area contributed by atoms with Crippen LogP contribution in [0, 0.1) is 5.41 Å². The van der Waals surface area contributed by atoms with E-state index in [1.54, 1.807) is 6.26 Å². The lowest BCUT2D eigenvalue weighted by Crippen LogP contribution is -2.43. The Morgan fingerprint density at radius 2 is 2.32 bits per heavy atom. The minimum atomic E-state index is 0.310. The zero-order valence-corrected chi connectivity index (χ0v) is 13.3. The van der Waals surface area contributed by atoms with Gasteiger partial charge < -0.3 is 9.73 Å². The van der Waals surface area contributed by atoms with Crippen LogP contribution in [0.4, 0.5) is 0 Å². The fourth-order valence-corrected chi connectivity index (χ4v) is 4.00. The molecule has 2 unspecified atom stereocenters. The molecule has 3 nitrogen and oxygen atoms in total. The highest BCUT2D eigenvalue weighted by molar-refractivity contribution is 7.99. The molecular weight excluding hydrogens is 256 g/mol. The molecule has 0 aromatic carbocycles. The van der Waals surface area contributed by atoms with E-state index in [1.165, 1.54) is 17.9 Å². The molecule has 2 rings (SSSR count). The molecule has 2 heterocycles. The summed E-state index contributed by atoms with van der Waals surface area (Å²) >= 11 is 2.07. The second-order valence-electron chi connectivity index (χ2n) is 6.48. The Labute approximate surface area is 121 Å². The van der Waals surface area contributed by atoms with Gasteiger partial charge in [0.05, 0.1) is 12.3 Å². The van der Waals surface area contributed by atoms with Gasteiger partial charge in [0, 0.05) is 18.3 Å². The number of rotatable bonds is 5. The highest BCUT2D eigenvalue weighted by Gasteiger charge is 2.29. The van der Waals surface area contributed by atoms with Gasteiger partial charge in [-0.05, 0) is 43.8 Å². The molecule has 1 aliphatic rings. The van der Waals surface area contributed by atoms with Gasteiger partial charge in [0.15, 0.2) is 0 Å². The Balaban J connectivity index is 1.89. The Bertz CT molecular complexity index is 376. The summed E-state index contributed by atoms with van der Waals surface area (Å²) < 4.78 is 5.55. The Hall–Kier alpha value is -0.450. The predicted octanol–water partition coefficient (Wildman–Crippen LogP) is 3.00. The Morgan fingerprint density at radius 3 is 2.89 bits per heavy atom. The molecule has 0 radical (unpaired) electrons. The van der Waals surface area contributed by atoms with Gasteiger partial charge in [0.2, 0.25) is 0 Å². The lowest BCUT2D eigenvalue weighted by molar-refractivity contribution is 0.233. The van der Waals surface area contributed by atoms with Gasteiger partial charge in [-0.2, -0.15) is 11.8 Å². The monoisotopic (exact) mass is 282 g/mol. The maximum absolute atomic E-state index is 5.55. The molecule has 1 fully saturated rings. The maximum Gasteiger partial charge on any atom is 0.122 e. The quantitative estimate of drug-likeness (QED) is 0.898. The normalized spacial score (nSPS) is 24.6. The lowest BCUT2D eigenvalue weighted by Gasteiger charge is -2.36. The van der Waals surface area contributed by atoms with E-state index in [-0.39, 0.29) is 0 Å². The molecule has 1 aliphatic heterocycles. The summed E-state index contributed by atoms with van der Waals surface area (Å²) in [5.41, 5.74) is 0.457. The van der Waals surface area contributed by atoms with E-state index < -0.39 is 0 Å². The van der Waals surface area contributed by atoms with Gasteiger partial charge >= 0.3 is 0 Å². The molecule has 0 aliphatic carbocycles. The first kappa shape index (κ1) is 14.9. The number of hydrogen-bond acceptors (Lipinski definition) is 4. The van der Waals surface area contributed by atoms with Crippen molar-refractivity contribution >= 4 is 11.8 Å². The molecule has 1 saturated heterocycles. The largest absolute Gasteiger partial charge is 0.468 e. The molecule has 108 valence electrons. The van der Waals surface area contributed by atoms with Crippen LogP contribution in [0.2, 0.25) is 0 Å². The number of nitrogens with one attached hydrogen (secondary N) is 1. The van der Waals surface area contributed by atoms with Crippen molar-refractivity contribution in [1.82, 2.24) is 10.2 Å². The van der Waals surface area contributed by atoms with E-state index >= 15 is 0 Å². The summed E-state index contributed by atoms with van der Waals surface area (Å²) in [7, 11) is 4.21. The van der Waals surface area contributed by atoms with Gasteiger partial charge in [0.25, 0.3) is 0 Å². The highest BCUT2D eigenvalue weighted by Crippen LogP contribution is 2.33. The van der Waals surface area contributed by atoms with Gasteiger partial charge in [-0.15, -0.1) is 0 Å². The number of nitrogens with zero attached hydrogens (tertiary/aromatic N) is 1. The van der Waals surface area contributed by atoms with Crippen LogP contribution in [0.25, 0.3) is 0 Å². The van der Waals surface area contributed by atoms with E-state index in [4.69, 9.17) is 4.42 Å². The van der Waals surface area contributed by atoms with E-state index in [0.29, 0.717) is 17.5 Å². The molecule has 2 atom stereocenters. The van der Waals surface area contributed by atoms with Crippen LogP contribution < -0.4 is 5.32 Å². The van der Waals surface area contributed by atoms with Gasteiger partial charge in [0.1, 0.15) is 5.76 Å². The zero-order chi connectivity index (χ0) is 13.9. The first-order valence-electron chi connectivity index (χ1n) is 6.99. The van der Waals surface area contributed by atoms with Crippen molar-refractivity contribution in [1.29, 1.82) is 0 Å². The first-order chi connectivity index (χ1) is 8.98. The van der Waals surface area contributed by atoms with E-state index in [9.17, 15) is 0 Å². The Morgan fingerprint density at radius 1 is 1.53 bits per heavy atom. The predicted molar refractivity (Wildman–Crippen MR) is 82.6 cm³/mol. The van der Waals surface area contributed by atoms with Crippen molar-refractivity contribution in [2.45, 2.75) is 32.4 Å². The summed E-state index contributed by atoms with van der Waals surface area (Å²) in [4.78, 5) is 2.22. The summed E-state index contributed by atoms with van der Waals surface area (Å²) in [5, 5.41) is 3.72. The second-order valence-corrected chi connectivity index (χ2v) is 7.51. The number of furan rings is 1. The molecule has 4 heteroatoms. The molecule has 0 spiro atoms. The highest BCUT2D eigenvalue weighted by atomic mass is 32.2. The van der Waals surface area contributed by atoms with Crippen molar-refractivity contribution in [2.24, 2.45) is 5.41 Å². The molecule has 0 amide bonds. The van der Waals surface area contributed by atoms with Crippen molar-refractivity contribution < 1.29 is 4.42 Å². The van der Waals surface area contributed by atoms with Crippen LogP contribution in [0.3, 0.4) is 0 Å². The van der Waals surface area contributed by atoms with Crippen molar-refractivity contribution in [3.63, 3.8) is 0 Å². The van der Waals surface area contributed by atoms with Crippen LogP contribution in [0.5, 0.6) is 0 Å². The maximum atomic E-state index is 5.55. The van der Waals surface area contributed by atoms with Crippen molar-refractivity contribution in [3.05, 3.63) is 24.2 Å². The molecule has 19 heavy (non-hydrogen) atoms. The lowest BCUT2D eigenvalue weighted by atomic mass is 9.88. The minimum absolute atomic E-state index is 0.310. The minimum Gasteiger partial charge on any atom is -0.468 e. The van der Waals surface area contributed by atoms with E-state index in [1.807, 2.05) is 6.07 Å². The van der Waals surface area contributed by atoms with Crippen LogP contribution >= 0.6 is 11.8 Å². The third-order valence-corrected chi connectivity index (χ3v) is 5.33. The summed E-state index contributed by atoms with van der Waals surface area (Å²) in [6.45, 7) is 5.68. The van der Waals surface area contributed by atoms with Crippen molar-refractivity contribution in [2.75, 3.05) is 32.1 Å². The van der Waals surface area contributed by atoms with Crippen LogP contribution in [-0.4, -0.2) is 43.1 Å². The molecule has 0 saturated carbocycles.